The Labute approximate surface area is 114 Å². The van der Waals surface area contributed by atoms with Crippen LogP contribution in [0.5, 0.6) is 0 Å². The fourth-order valence-corrected chi connectivity index (χ4v) is 2.14. The van der Waals surface area contributed by atoms with Gasteiger partial charge in [0.15, 0.2) is 0 Å². The van der Waals surface area contributed by atoms with Gasteiger partial charge in [0.25, 0.3) is 0 Å². The standard InChI is InChI=1S/C15H23N3O/c1-11(2)14(19)8-9-16-10-15-17-12-6-4-5-7-13(12)18(15)3/h4-7,11,14,16,19H,8-10H2,1-3H3. The van der Waals surface area contributed by atoms with E-state index in [0.29, 0.717) is 5.92 Å². The van der Waals surface area contributed by atoms with E-state index in [0.717, 1.165) is 36.4 Å². The molecular formula is C15H23N3O. The molecule has 0 spiro atoms. The molecule has 1 aromatic carbocycles. The normalized spacial score (nSPS) is 13.3. The van der Waals surface area contributed by atoms with Gasteiger partial charge in [0.1, 0.15) is 5.82 Å². The Kier molecular flexibility index (Phi) is 4.56. The molecule has 4 heteroatoms. The van der Waals surface area contributed by atoms with E-state index >= 15 is 0 Å². The summed E-state index contributed by atoms with van der Waals surface area (Å²) in [6.07, 6.45) is 0.551. The molecule has 0 bridgehead atoms. The molecule has 1 heterocycles. The summed E-state index contributed by atoms with van der Waals surface area (Å²) in [4.78, 5) is 4.60. The van der Waals surface area contributed by atoms with E-state index in [-0.39, 0.29) is 6.10 Å². The van der Waals surface area contributed by atoms with E-state index in [4.69, 9.17) is 0 Å². The Balaban J connectivity index is 1.90. The lowest BCUT2D eigenvalue weighted by Gasteiger charge is -2.14. The zero-order valence-electron chi connectivity index (χ0n) is 11.9. The van der Waals surface area contributed by atoms with Crippen LogP contribution in [-0.4, -0.2) is 27.3 Å². The highest BCUT2D eigenvalue weighted by atomic mass is 16.3. The molecule has 1 atom stereocenters. The topological polar surface area (TPSA) is 50.1 Å². The highest BCUT2D eigenvalue weighted by Gasteiger charge is 2.09. The number of aliphatic hydroxyl groups is 1. The van der Waals surface area contributed by atoms with Gasteiger partial charge in [-0.25, -0.2) is 4.98 Å². The van der Waals surface area contributed by atoms with Crippen molar-refractivity contribution in [2.75, 3.05) is 6.54 Å². The third-order valence-electron chi connectivity index (χ3n) is 3.55. The van der Waals surface area contributed by atoms with Gasteiger partial charge in [0, 0.05) is 7.05 Å². The second kappa shape index (κ2) is 6.17. The second-order valence-electron chi connectivity index (χ2n) is 5.35. The molecule has 0 saturated heterocycles. The van der Waals surface area contributed by atoms with Crippen molar-refractivity contribution in [3.8, 4) is 0 Å². The SMILES string of the molecule is CC(C)C(O)CCNCc1nc2ccccc2n1C. The first-order valence-corrected chi connectivity index (χ1v) is 6.88. The lowest BCUT2D eigenvalue weighted by Crippen LogP contribution is -2.24. The number of hydrogen-bond acceptors (Lipinski definition) is 3. The summed E-state index contributed by atoms with van der Waals surface area (Å²) in [5.41, 5.74) is 2.19. The summed E-state index contributed by atoms with van der Waals surface area (Å²) in [6, 6.07) is 8.14. The molecule has 4 nitrogen and oxygen atoms in total. The molecule has 1 aromatic heterocycles. The summed E-state index contributed by atoms with van der Waals surface area (Å²) >= 11 is 0. The highest BCUT2D eigenvalue weighted by molar-refractivity contribution is 5.75. The number of aliphatic hydroxyl groups excluding tert-OH is 1. The first kappa shape index (κ1) is 14.0. The van der Waals surface area contributed by atoms with Crippen molar-refractivity contribution < 1.29 is 5.11 Å². The molecule has 1 unspecified atom stereocenters. The zero-order chi connectivity index (χ0) is 13.8. The first-order valence-electron chi connectivity index (χ1n) is 6.88. The molecule has 0 aliphatic rings. The number of hydrogen-bond donors (Lipinski definition) is 2. The van der Waals surface area contributed by atoms with Gasteiger partial charge in [-0.15, -0.1) is 0 Å². The second-order valence-corrected chi connectivity index (χ2v) is 5.35. The maximum absolute atomic E-state index is 9.73. The molecule has 104 valence electrons. The van der Waals surface area contributed by atoms with Gasteiger partial charge in [-0.2, -0.15) is 0 Å². The van der Waals surface area contributed by atoms with Crippen LogP contribution >= 0.6 is 0 Å². The molecule has 2 aromatic rings. The monoisotopic (exact) mass is 261 g/mol. The van der Waals surface area contributed by atoms with E-state index in [1.54, 1.807) is 0 Å². The molecule has 2 N–H and O–H groups in total. The molecule has 0 radical (unpaired) electrons. The number of imidazole rings is 1. The minimum Gasteiger partial charge on any atom is -0.393 e. The Morgan fingerprint density at radius 1 is 1.32 bits per heavy atom. The van der Waals surface area contributed by atoms with E-state index in [1.807, 2.05) is 39.1 Å². The van der Waals surface area contributed by atoms with Crippen LogP contribution in [0.1, 0.15) is 26.1 Å². The molecular weight excluding hydrogens is 238 g/mol. The van der Waals surface area contributed by atoms with Crippen LogP contribution in [-0.2, 0) is 13.6 Å². The van der Waals surface area contributed by atoms with Crippen molar-refractivity contribution in [1.29, 1.82) is 0 Å². The van der Waals surface area contributed by atoms with Crippen LogP contribution in [0.4, 0.5) is 0 Å². The van der Waals surface area contributed by atoms with Crippen molar-refractivity contribution >= 4 is 11.0 Å². The van der Waals surface area contributed by atoms with E-state index < -0.39 is 0 Å². The minimum atomic E-state index is -0.229. The van der Waals surface area contributed by atoms with Gasteiger partial charge in [-0.3, -0.25) is 0 Å². The largest absolute Gasteiger partial charge is 0.393 e. The number of aromatic nitrogens is 2. The molecule has 0 aliphatic heterocycles. The van der Waals surface area contributed by atoms with Crippen molar-refractivity contribution in [3.63, 3.8) is 0 Å². The Hall–Kier alpha value is -1.39. The van der Waals surface area contributed by atoms with Crippen LogP contribution < -0.4 is 5.32 Å². The van der Waals surface area contributed by atoms with Gasteiger partial charge < -0.3 is 15.0 Å². The van der Waals surface area contributed by atoms with E-state index in [1.165, 1.54) is 0 Å². The fraction of sp³-hybridized carbons (Fsp3) is 0.533. The van der Waals surface area contributed by atoms with Crippen molar-refractivity contribution in [2.24, 2.45) is 13.0 Å². The zero-order valence-corrected chi connectivity index (χ0v) is 11.9. The number of benzene rings is 1. The van der Waals surface area contributed by atoms with Gasteiger partial charge in [-0.05, 0) is 31.0 Å². The molecule has 0 amide bonds. The average Bonchev–Trinajstić information content (AvgIpc) is 2.72. The molecule has 2 rings (SSSR count). The lowest BCUT2D eigenvalue weighted by molar-refractivity contribution is 0.116. The number of nitrogens with one attached hydrogen (secondary N) is 1. The third kappa shape index (κ3) is 3.33. The molecule has 19 heavy (non-hydrogen) atoms. The predicted octanol–water partition coefficient (Wildman–Crippen LogP) is 2.07. The Morgan fingerprint density at radius 3 is 2.74 bits per heavy atom. The maximum Gasteiger partial charge on any atom is 0.123 e. The highest BCUT2D eigenvalue weighted by Crippen LogP contribution is 2.13. The summed E-state index contributed by atoms with van der Waals surface area (Å²) < 4.78 is 2.11. The van der Waals surface area contributed by atoms with Gasteiger partial charge >= 0.3 is 0 Å². The first-order chi connectivity index (χ1) is 9.09. The van der Waals surface area contributed by atoms with Crippen LogP contribution in [0.15, 0.2) is 24.3 Å². The van der Waals surface area contributed by atoms with Gasteiger partial charge in [0.2, 0.25) is 0 Å². The predicted molar refractivity (Wildman–Crippen MR) is 77.9 cm³/mol. The van der Waals surface area contributed by atoms with Crippen molar-refractivity contribution in [2.45, 2.75) is 32.9 Å². The van der Waals surface area contributed by atoms with Gasteiger partial charge in [0.05, 0.1) is 23.7 Å². The Bertz CT molecular complexity index is 533. The third-order valence-corrected chi connectivity index (χ3v) is 3.55. The number of nitrogens with zero attached hydrogens (tertiary/aromatic N) is 2. The molecule has 0 saturated carbocycles. The van der Waals surface area contributed by atoms with Crippen LogP contribution in [0, 0.1) is 5.92 Å². The van der Waals surface area contributed by atoms with Crippen LogP contribution in [0.2, 0.25) is 0 Å². The van der Waals surface area contributed by atoms with E-state index in [2.05, 4.69) is 20.9 Å². The van der Waals surface area contributed by atoms with Crippen LogP contribution in [0.25, 0.3) is 11.0 Å². The quantitative estimate of drug-likeness (QED) is 0.783. The number of fused-ring (bicyclic) bond motifs is 1. The lowest BCUT2D eigenvalue weighted by atomic mass is 10.0. The average molecular weight is 261 g/mol. The summed E-state index contributed by atoms with van der Waals surface area (Å²) in [6.45, 7) is 5.62. The Morgan fingerprint density at radius 2 is 2.05 bits per heavy atom. The summed E-state index contributed by atoms with van der Waals surface area (Å²) in [5, 5.41) is 13.1. The van der Waals surface area contributed by atoms with Crippen LogP contribution in [0.3, 0.4) is 0 Å². The molecule has 0 fully saturated rings. The number of rotatable bonds is 6. The van der Waals surface area contributed by atoms with Gasteiger partial charge in [-0.1, -0.05) is 26.0 Å². The fourth-order valence-electron chi connectivity index (χ4n) is 2.14. The minimum absolute atomic E-state index is 0.229. The summed E-state index contributed by atoms with van der Waals surface area (Å²) in [5.74, 6) is 1.35. The number of para-hydroxylation sites is 2. The smallest absolute Gasteiger partial charge is 0.123 e. The maximum atomic E-state index is 9.73. The molecule has 0 aliphatic carbocycles. The van der Waals surface area contributed by atoms with Crippen molar-refractivity contribution in [3.05, 3.63) is 30.1 Å². The van der Waals surface area contributed by atoms with E-state index in [9.17, 15) is 5.11 Å². The summed E-state index contributed by atoms with van der Waals surface area (Å²) in [7, 11) is 2.04. The number of aryl methyl sites for hydroxylation is 1. The van der Waals surface area contributed by atoms with Crippen molar-refractivity contribution in [1.82, 2.24) is 14.9 Å².